The Kier molecular flexibility index (Phi) is 8.89. The van der Waals surface area contributed by atoms with Gasteiger partial charge in [-0.3, -0.25) is 14.3 Å². The Morgan fingerprint density at radius 3 is 1.91 bits per heavy atom. The molecule has 0 saturated carbocycles. The monoisotopic (exact) mass is 563 g/mol. The SMILES string of the molecule is COC(=O)C(C(=O)OC)[C@H](/C=C(/NS(=O)(=O)c1ccc(C)cc1)c1ccc(Br)cc1)C(F)(F)F. The first-order valence-corrected chi connectivity index (χ1v) is 11.9. The number of aryl methyl sites for hydroxylation is 1. The molecule has 0 spiro atoms. The second-order valence-electron chi connectivity index (χ2n) is 7.10. The van der Waals surface area contributed by atoms with Gasteiger partial charge in [0.1, 0.15) is 0 Å². The van der Waals surface area contributed by atoms with Crippen molar-refractivity contribution in [2.75, 3.05) is 14.2 Å². The van der Waals surface area contributed by atoms with Crippen LogP contribution < -0.4 is 4.72 Å². The number of hydrogen-bond acceptors (Lipinski definition) is 6. The number of allylic oxidation sites excluding steroid dienone is 1. The standard InChI is InChI=1S/C22H21BrF3NO6S/c1-13-4-10-16(11-5-13)34(30,31)27-18(14-6-8-15(23)9-7-14)12-17(22(24,25)26)19(20(28)32-2)21(29)33-3/h4-12,17,19,27H,1-3H3/b18-12+/t17-/m0/s1. The van der Waals surface area contributed by atoms with E-state index in [9.17, 15) is 31.2 Å². The number of methoxy groups -OCH3 is 2. The molecule has 0 aliphatic rings. The van der Waals surface area contributed by atoms with Crippen molar-refractivity contribution in [1.29, 1.82) is 0 Å². The van der Waals surface area contributed by atoms with Crippen LogP contribution in [0.4, 0.5) is 13.2 Å². The van der Waals surface area contributed by atoms with Gasteiger partial charge in [-0.05, 0) is 42.8 Å². The van der Waals surface area contributed by atoms with Crippen molar-refractivity contribution < 1.29 is 40.7 Å². The van der Waals surface area contributed by atoms with Gasteiger partial charge < -0.3 is 9.47 Å². The Labute approximate surface area is 203 Å². The van der Waals surface area contributed by atoms with Crippen LogP contribution in [0.3, 0.4) is 0 Å². The molecule has 1 atom stereocenters. The second-order valence-corrected chi connectivity index (χ2v) is 9.70. The number of benzene rings is 2. The number of hydrogen-bond donors (Lipinski definition) is 1. The normalized spacial score (nSPS) is 13.4. The highest BCUT2D eigenvalue weighted by molar-refractivity contribution is 9.10. The lowest BCUT2D eigenvalue weighted by Crippen LogP contribution is -2.40. The van der Waals surface area contributed by atoms with E-state index < -0.39 is 45.7 Å². The van der Waals surface area contributed by atoms with Gasteiger partial charge in [-0.2, -0.15) is 13.2 Å². The van der Waals surface area contributed by atoms with Crippen molar-refractivity contribution in [3.05, 3.63) is 70.2 Å². The van der Waals surface area contributed by atoms with E-state index in [1.807, 2.05) is 0 Å². The summed E-state index contributed by atoms with van der Waals surface area (Å²) >= 11 is 3.20. The average molecular weight is 564 g/mol. The molecule has 1 N–H and O–H groups in total. The zero-order chi connectivity index (χ0) is 25.7. The molecule has 2 rings (SSSR count). The molecule has 7 nitrogen and oxygen atoms in total. The van der Waals surface area contributed by atoms with Gasteiger partial charge in [0.05, 0.1) is 30.7 Å². The third-order valence-corrected chi connectivity index (χ3v) is 6.63. The number of sulfonamides is 1. The molecule has 0 amide bonds. The molecule has 0 aliphatic carbocycles. The molecule has 184 valence electrons. The lowest BCUT2D eigenvalue weighted by atomic mass is 9.89. The van der Waals surface area contributed by atoms with Crippen LogP contribution in [0.25, 0.3) is 5.70 Å². The molecular formula is C22H21BrF3NO6S. The summed E-state index contributed by atoms with van der Waals surface area (Å²) in [6, 6.07) is 11.4. The largest absolute Gasteiger partial charge is 0.468 e. The lowest BCUT2D eigenvalue weighted by molar-refractivity contribution is -0.194. The van der Waals surface area contributed by atoms with Gasteiger partial charge in [-0.15, -0.1) is 0 Å². The van der Waals surface area contributed by atoms with Crippen molar-refractivity contribution in [2.24, 2.45) is 11.8 Å². The Bertz CT molecular complexity index is 1150. The van der Waals surface area contributed by atoms with Gasteiger partial charge in [0.25, 0.3) is 10.0 Å². The van der Waals surface area contributed by atoms with E-state index in [1.165, 1.54) is 48.5 Å². The highest BCUT2D eigenvalue weighted by Gasteiger charge is 2.51. The van der Waals surface area contributed by atoms with Crippen LogP contribution in [0, 0.1) is 18.8 Å². The van der Waals surface area contributed by atoms with Crippen LogP contribution in [0.1, 0.15) is 11.1 Å². The number of ether oxygens (including phenoxy) is 2. The average Bonchev–Trinajstić information content (AvgIpc) is 2.77. The molecule has 0 saturated heterocycles. The van der Waals surface area contributed by atoms with Gasteiger partial charge in [-0.1, -0.05) is 45.8 Å². The van der Waals surface area contributed by atoms with Crippen LogP contribution >= 0.6 is 15.9 Å². The summed E-state index contributed by atoms with van der Waals surface area (Å²) < 4.78 is 79.6. The smallest absolute Gasteiger partial charge is 0.396 e. The minimum absolute atomic E-state index is 0.0571. The van der Waals surface area contributed by atoms with Gasteiger partial charge in [0, 0.05) is 4.47 Å². The minimum Gasteiger partial charge on any atom is -0.468 e. The number of carbonyl (C=O) groups excluding carboxylic acids is 2. The fraction of sp³-hybridized carbons (Fsp3) is 0.273. The molecule has 2 aromatic rings. The zero-order valence-electron chi connectivity index (χ0n) is 18.2. The van der Waals surface area contributed by atoms with E-state index in [1.54, 1.807) is 6.92 Å². The summed E-state index contributed by atoms with van der Waals surface area (Å²) in [4.78, 5) is 24.0. The predicted octanol–water partition coefficient (Wildman–Crippen LogP) is 4.22. The number of carbonyl (C=O) groups is 2. The van der Waals surface area contributed by atoms with Crippen LogP contribution in [0.5, 0.6) is 0 Å². The Hall–Kier alpha value is -2.86. The zero-order valence-corrected chi connectivity index (χ0v) is 20.6. The summed E-state index contributed by atoms with van der Waals surface area (Å²) in [5.74, 6) is -8.14. The van der Waals surface area contributed by atoms with Crippen molar-refractivity contribution >= 4 is 43.6 Å². The Morgan fingerprint density at radius 2 is 1.47 bits per heavy atom. The van der Waals surface area contributed by atoms with E-state index in [2.05, 4.69) is 30.1 Å². The third-order valence-electron chi connectivity index (χ3n) is 4.72. The van der Waals surface area contributed by atoms with Crippen molar-refractivity contribution in [3.8, 4) is 0 Å². The Morgan fingerprint density at radius 1 is 0.971 bits per heavy atom. The number of halogens is 4. The van der Waals surface area contributed by atoms with E-state index in [4.69, 9.17) is 0 Å². The van der Waals surface area contributed by atoms with E-state index in [-0.39, 0.29) is 10.5 Å². The summed E-state index contributed by atoms with van der Waals surface area (Å²) in [6.07, 6.45) is -4.67. The molecule has 0 aromatic heterocycles. The molecule has 0 fully saturated rings. The predicted molar refractivity (Wildman–Crippen MR) is 121 cm³/mol. The van der Waals surface area contributed by atoms with E-state index >= 15 is 0 Å². The lowest BCUT2D eigenvalue weighted by Gasteiger charge is -2.24. The molecule has 0 heterocycles. The number of esters is 2. The molecule has 0 aliphatic heterocycles. The van der Waals surface area contributed by atoms with Crippen LogP contribution in [0.2, 0.25) is 0 Å². The van der Waals surface area contributed by atoms with Crippen LogP contribution in [-0.2, 0) is 29.1 Å². The number of nitrogens with one attached hydrogen (secondary N) is 1. The third kappa shape index (κ3) is 6.83. The first-order valence-electron chi connectivity index (χ1n) is 9.59. The maximum absolute atomic E-state index is 14.1. The van der Waals surface area contributed by atoms with Gasteiger partial charge in [-0.25, -0.2) is 8.42 Å². The van der Waals surface area contributed by atoms with Crippen LogP contribution in [-0.4, -0.2) is 40.8 Å². The summed E-state index contributed by atoms with van der Waals surface area (Å²) in [5, 5.41) is 0. The van der Waals surface area contributed by atoms with Gasteiger partial charge in [0.15, 0.2) is 5.92 Å². The molecule has 12 heteroatoms. The molecule has 34 heavy (non-hydrogen) atoms. The minimum atomic E-state index is -5.14. The molecule has 0 radical (unpaired) electrons. The summed E-state index contributed by atoms with van der Waals surface area (Å²) in [7, 11) is -2.68. The van der Waals surface area contributed by atoms with Gasteiger partial charge >= 0.3 is 18.1 Å². The summed E-state index contributed by atoms with van der Waals surface area (Å²) in [5.41, 5.74) is 0.341. The second kappa shape index (κ2) is 11.0. The first kappa shape index (κ1) is 27.4. The molecule has 0 unspecified atom stereocenters. The van der Waals surface area contributed by atoms with E-state index in [0.717, 1.165) is 19.8 Å². The summed E-state index contributed by atoms with van der Waals surface area (Å²) in [6.45, 7) is 1.74. The molecular weight excluding hydrogens is 543 g/mol. The maximum Gasteiger partial charge on any atom is 0.396 e. The van der Waals surface area contributed by atoms with Crippen molar-refractivity contribution in [1.82, 2.24) is 4.72 Å². The maximum atomic E-state index is 14.1. The highest BCUT2D eigenvalue weighted by Crippen LogP contribution is 2.37. The number of rotatable bonds is 8. The quantitative estimate of drug-likeness (QED) is 0.381. The first-order chi connectivity index (χ1) is 15.8. The number of alkyl halides is 3. The van der Waals surface area contributed by atoms with Crippen LogP contribution in [0.15, 0.2) is 64.0 Å². The molecule has 0 bridgehead atoms. The van der Waals surface area contributed by atoms with Crippen molar-refractivity contribution in [3.63, 3.8) is 0 Å². The Balaban J connectivity index is 2.70. The van der Waals surface area contributed by atoms with Gasteiger partial charge in [0.2, 0.25) is 0 Å². The molecule has 2 aromatic carbocycles. The fourth-order valence-electron chi connectivity index (χ4n) is 2.94. The topological polar surface area (TPSA) is 98.8 Å². The van der Waals surface area contributed by atoms with E-state index in [0.29, 0.717) is 10.5 Å². The fourth-order valence-corrected chi connectivity index (χ4v) is 4.29. The highest BCUT2D eigenvalue weighted by atomic mass is 79.9. The van der Waals surface area contributed by atoms with Crippen molar-refractivity contribution in [2.45, 2.75) is 18.0 Å².